The Morgan fingerprint density at radius 3 is 2.67 bits per heavy atom. The van der Waals surface area contributed by atoms with E-state index < -0.39 is 0 Å². The number of amides is 1. The van der Waals surface area contributed by atoms with Gasteiger partial charge in [0.05, 0.1) is 0 Å². The van der Waals surface area contributed by atoms with Crippen LogP contribution in [-0.4, -0.2) is 27.1 Å². The Hall–Kier alpha value is -2.21. The summed E-state index contributed by atoms with van der Waals surface area (Å²) < 4.78 is 0. The van der Waals surface area contributed by atoms with Crippen LogP contribution < -0.4 is 11.1 Å². The number of hydrogen-bond donors (Lipinski definition) is 3. The normalized spacial score (nSPS) is 21.4. The van der Waals surface area contributed by atoms with Crippen LogP contribution in [0.1, 0.15) is 25.1 Å². The van der Waals surface area contributed by atoms with Crippen LogP contribution in [0.2, 0.25) is 0 Å². The molecule has 0 radical (unpaired) electrons. The second kappa shape index (κ2) is 5.65. The Labute approximate surface area is 123 Å². The monoisotopic (exact) mass is 285 g/mol. The lowest BCUT2D eigenvalue weighted by Gasteiger charge is -2.10. The number of carbonyl (C=O) groups excluding carboxylic acids is 1. The molecule has 21 heavy (non-hydrogen) atoms. The number of rotatable bonds is 3. The summed E-state index contributed by atoms with van der Waals surface area (Å²) in [6.45, 7) is 1.86. The second-order valence-electron chi connectivity index (χ2n) is 5.58. The van der Waals surface area contributed by atoms with Crippen molar-refractivity contribution in [2.45, 2.75) is 32.2 Å². The minimum absolute atomic E-state index is 0.0373. The third kappa shape index (κ3) is 3.11. The molecule has 1 amide bonds. The Morgan fingerprint density at radius 2 is 2.10 bits per heavy atom. The minimum Gasteiger partial charge on any atom is -0.328 e. The largest absolute Gasteiger partial charge is 0.328 e. The predicted molar refractivity (Wildman–Crippen MR) is 80.5 cm³/mol. The number of nitrogens with one attached hydrogen (secondary N) is 2. The molecule has 1 aliphatic carbocycles. The topological polar surface area (TPSA) is 96.7 Å². The van der Waals surface area contributed by atoms with Crippen LogP contribution in [0, 0.1) is 12.8 Å². The van der Waals surface area contributed by atoms with Gasteiger partial charge in [0, 0.05) is 23.2 Å². The van der Waals surface area contributed by atoms with Crippen molar-refractivity contribution in [3.8, 4) is 11.4 Å². The molecule has 0 saturated heterocycles. The summed E-state index contributed by atoms with van der Waals surface area (Å²) in [4.78, 5) is 16.4. The van der Waals surface area contributed by atoms with Gasteiger partial charge in [-0.2, -0.15) is 5.10 Å². The summed E-state index contributed by atoms with van der Waals surface area (Å²) in [6, 6.07) is 7.70. The highest BCUT2D eigenvalue weighted by Crippen LogP contribution is 2.26. The molecule has 2 unspecified atom stereocenters. The molecule has 2 aromatic rings. The predicted octanol–water partition coefficient (Wildman–Crippen LogP) is 1.85. The second-order valence-corrected chi connectivity index (χ2v) is 5.58. The third-order valence-corrected chi connectivity index (χ3v) is 3.85. The lowest BCUT2D eigenvalue weighted by Crippen LogP contribution is -2.23. The van der Waals surface area contributed by atoms with E-state index in [9.17, 15) is 4.79 Å². The van der Waals surface area contributed by atoms with Gasteiger partial charge < -0.3 is 11.1 Å². The molecule has 0 aliphatic heterocycles. The smallest absolute Gasteiger partial charge is 0.227 e. The molecule has 1 aromatic carbocycles. The van der Waals surface area contributed by atoms with Crippen LogP contribution in [0.4, 0.5) is 5.69 Å². The molecular formula is C15H19N5O. The standard InChI is InChI=1S/C15H19N5O/c1-9-17-14(20-19-9)10-3-6-13(7-4-10)18-15(21)11-2-5-12(16)8-11/h3-4,6-7,11-12H,2,5,8,16H2,1H3,(H,18,21)(H,17,19,20). The summed E-state index contributed by atoms with van der Waals surface area (Å²) in [5.41, 5.74) is 7.55. The summed E-state index contributed by atoms with van der Waals surface area (Å²) in [7, 11) is 0. The van der Waals surface area contributed by atoms with Gasteiger partial charge in [0.15, 0.2) is 5.82 Å². The molecular weight excluding hydrogens is 266 g/mol. The zero-order valence-electron chi connectivity index (χ0n) is 12.0. The molecule has 1 aromatic heterocycles. The van der Waals surface area contributed by atoms with Gasteiger partial charge in [0.1, 0.15) is 5.82 Å². The molecule has 1 saturated carbocycles. The van der Waals surface area contributed by atoms with Gasteiger partial charge in [-0.25, -0.2) is 4.98 Å². The zero-order valence-corrected chi connectivity index (χ0v) is 12.0. The van der Waals surface area contributed by atoms with Crippen LogP contribution in [0.15, 0.2) is 24.3 Å². The number of H-pyrrole nitrogens is 1. The van der Waals surface area contributed by atoms with Gasteiger partial charge in [-0.1, -0.05) is 0 Å². The molecule has 3 rings (SSSR count). The van der Waals surface area contributed by atoms with E-state index in [2.05, 4.69) is 20.5 Å². The van der Waals surface area contributed by atoms with Crippen LogP contribution >= 0.6 is 0 Å². The SMILES string of the molecule is Cc1nc(-c2ccc(NC(=O)C3CCC(N)C3)cc2)n[nH]1. The molecule has 1 fully saturated rings. The van der Waals surface area contributed by atoms with Crippen molar-refractivity contribution in [2.24, 2.45) is 11.7 Å². The maximum absolute atomic E-state index is 12.1. The van der Waals surface area contributed by atoms with E-state index in [4.69, 9.17) is 5.73 Å². The van der Waals surface area contributed by atoms with E-state index in [-0.39, 0.29) is 17.9 Å². The van der Waals surface area contributed by atoms with Crippen LogP contribution in [0.3, 0.4) is 0 Å². The molecule has 6 nitrogen and oxygen atoms in total. The molecule has 1 heterocycles. The summed E-state index contributed by atoms with van der Waals surface area (Å²) in [5.74, 6) is 1.53. The fourth-order valence-corrected chi connectivity index (χ4v) is 2.67. The first kappa shape index (κ1) is 13.8. The van der Waals surface area contributed by atoms with E-state index in [1.165, 1.54) is 0 Å². The number of anilines is 1. The maximum Gasteiger partial charge on any atom is 0.227 e. The number of nitrogens with two attached hydrogens (primary N) is 1. The van der Waals surface area contributed by atoms with Crippen molar-refractivity contribution >= 4 is 11.6 Å². The number of carbonyl (C=O) groups is 1. The van der Waals surface area contributed by atoms with Gasteiger partial charge in [0.25, 0.3) is 0 Å². The maximum atomic E-state index is 12.1. The van der Waals surface area contributed by atoms with Gasteiger partial charge in [0.2, 0.25) is 5.91 Å². The van der Waals surface area contributed by atoms with E-state index >= 15 is 0 Å². The molecule has 0 spiro atoms. The number of aromatic amines is 1. The quantitative estimate of drug-likeness (QED) is 0.801. The summed E-state index contributed by atoms with van der Waals surface area (Å²) >= 11 is 0. The first-order chi connectivity index (χ1) is 10.1. The summed E-state index contributed by atoms with van der Waals surface area (Å²) in [6.07, 6.45) is 2.59. The van der Waals surface area contributed by atoms with Crippen molar-refractivity contribution in [2.75, 3.05) is 5.32 Å². The highest BCUT2D eigenvalue weighted by molar-refractivity contribution is 5.93. The zero-order chi connectivity index (χ0) is 14.8. The lowest BCUT2D eigenvalue weighted by molar-refractivity contribution is -0.119. The van der Waals surface area contributed by atoms with Gasteiger partial charge in [-0.15, -0.1) is 0 Å². The van der Waals surface area contributed by atoms with Gasteiger partial charge >= 0.3 is 0 Å². The Kier molecular flexibility index (Phi) is 3.70. The van der Waals surface area contributed by atoms with Crippen LogP contribution in [-0.2, 0) is 4.79 Å². The number of aryl methyl sites for hydroxylation is 1. The van der Waals surface area contributed by atoms with Crippen molar-refractivity contribution in [3.63, 3.8) is 0 Å². The number of benzene rings is 1. The molecule has 4 N–H and O–H groups in total. The van der Waals surface area contributed by atoms with E-state index in [1.54, 1.807) is 0 Å². The molecule has 2 atom stereocenters. The van der Waals surface area contributed by atoms with E-state index in [0.717, 1.165) is 36.3 Å². The van der Waals surface area contributed by atoms with Gasteiger partial charge in [-0.3, -0.25) is 9.89 Å². The minimum atomic E-state index is 0.0373. The van der Waals surface area contributed by atoms with Crippen LogP contribution in [0.5, 0.6) is 0 Å². The number of aromatic nitrogens is 3. The van der Waals surface area contributed by atoms with Crippen molar-refractivity contribution < 1.29 is 4.79 Å². The van der Waals surface area contributed by atoms with Crippen molar-refractivity contribution in [1.29, 1.82) is 0 Å². The van der Waals surface area contributed by atoms with Crippen molar-refractivity contribution in [3.05, 3.63) is 30.1 Å². The highest BCUT2D eigenvalue weighted by Gasteiger charge is 2.27. The van der Waals surface area contributed by atoms with E-state index in [0.29, 0.717) is 5.82 Å². The van der Waals surface area contributed by atoms with Gasteiger partial charge in [-0.05, 0) is 50.5 Å². The molecule has 6 heteroatoms. The molecule has 1 aliphatic rings. The third-order valence-electron chi connectivity index (χ3n) is 3.85. The highest BCUT2D eigenvalue weighted by atomic mass is 16.1. The Bertz CT molecular complexity index is 634. The Morgan fingerprint density at radius 1 is 1.33 bits per heavy atom. The molecule has 110 valence electrons. The summed E-state index contributed by atoms with van der Waals surface area (Å²) in [5, 5.41) is 9.87. The average molecular weight is 285 g/mol. The van der Waals surface area contributed by atoms with E-state index in [1.807, 2.05) is 31.2 Å². The number of hydrogen-bond acceptors (Lipinski definition) is 4. The first-order valence-corrected chi connectivity index (χ1v) is 7.17. The lowest BCUT2D eigenvalue weighted by atomic mass is 10.1. The van der Waals surface area contributed by atoms with Crippen molar-refractivity contribution in [1.82, 2.24) is 15.2 Å². The molecule has 0 bridgehead atoms. The first-order valence-electron chi connectivity index (χ1n) is 7.17. The fourth-order valence-electron chi connectivity index (χ4n) is 2.67. The fraction of sp³-hybridized carbons (Fsp3) is 0.400. The average Bonchev–Trinajstić information content (AvgIpc) is 3.08. The Balaban J connectivity index is 1.66. The van der Waals surface area contributed by atoms with Crippen LogP contribution in [0.25, 0.3) is 11.4 Å². The number of nitrogens with zero attached hydrogens (tertiary/aromatic N) is 2.